The summed E-state index contributed by atoms with van der Waals surface area (Å²) in [5.74, 6) is 0. The maximum Gasteiger partial charge on any atom is 0.407 e. The number of benzene rings is 1. The quantitative estimate of drug-likeness (QED) is 0.756. The van der Waals surface area contributed by atoms with Gasteiger partial charge < -0.3 is 10.1 Å². The average Bonchev–Trinajstić information content (AvgIpc) is 3.08. The van der Waals surface area contributed by atoms with Gasteiger partial charge in [-0.15, -0.1) is 11.3 Å². The molecule has 1 heterocycles. The molecule has 6 nitrogen and oxygen atoms in total. The van der Waals surface area contributed by atoms with Crippen LogP contribution < -0.4 is 5.32 Å². The molecule has 0 aliphatic carbocycles. The SMILES string of the molecule is C=CS(=O)c1ccc(S(=O)(=O)c2ccc(CNC(=O)OC(C)(C)C)s2)cc1. The lowest BCUT2D eigenvalue weighted by Gasteiger charge is -2.19. The fourth-order valence-electron chi connectivity index (χ4n) is 2.04. The molecule has 27 heavy (non-hydrogen) atoms. The van der Waals surface area contributed by atoms with Gasteiger partial charge in [-0.2, -0.15) is 0 Å². The topological polar surface area (TPSA) is 89.5 Å². The molecule has 1 amide bonds. The van der Waals surface area contributed by atoms with Crippen molar-refractivity contribution in [2.75, 3.05) is 0 Å². The van der Waals surface area contributed by atoms with Gasteiger partial charge in [0.25, 0.3) is 0 Å². The third-order valence-corrected chi connectivity index (χ3v) is 7.61. The maximum atomic E-state index is 12.7. The summed E-state index contributed by atoms with van der Waals surface area (Å²) in [6.45, 7) is 8.91. The molecule has 1 aromatic heterocycles. The number of amides is 1. The van der Waals surface area contributed by atoms with E-state index in [1.807, 2.05) is 0 Å². The second kappa shape index (κ2) is 8.37. The maximum absolute atomic E-state index is 12.7. The Bertz CT molecular complexity index is 954. The minimum atomic E-state index is -3.68. The average molecular weight is 428 g/mol. The normalized spacial score (nSPS) is 13.0. The largest absolute Gasteiger partial charge is 0.444 e. The number of thiophene rings is 1. The van der Waals surface area contributed by atoms with Crippen molar-refractivity contribution < 1.29 is 22.2 Å². The Hall–Kier alpha value is -1.97. The number of nitrogens with one attached hydrogen (secondary N) is 1. The molecule has 0 spiro atoms. The molecule has 0 bridgehead atoms. The van der Waals surface area contributed by atoms with Gasteiger partial charge in [-0.1, -0.05) is 6.58 Å². The molecule has 0 saturated heterocycles. The van der Waals surface area contributed by atoms with E-state index >= 15 is 0 Å². The molecule has 1 N–H and O–H groups in total. The van der Waals surface area contributed by atoms with Crippen molar-refractivity contribution in [2.45, 2.75) is 46.9 Å². The lowest BCUT2D eigenvalue weighted by atomic mass is 10.2. The van der Waals surface area contributed by atoms with Gasteiger partial charge in [0.05, 0.1) is 22.2 Å². The van der Waals surface area contributed by atoms with E-state index in [2.05, 4.69) is 11.9 Å². The van der Waals surface area contributed by atoms with Crippen LogP contribution in [0.1, 0.15) is 25.6 Å². The summed E-state index contributed by atoms with van der Waals surface area (Å²) < 4.78 is 42.4. The lowest BCUT2D eigenvalue weighted by Crippen LogP contribution is -2.31. The number of alkyl carbamates (subject to hydrolysis) is 1. The highest BCUT2D eigenvalue weighted by atomic mass is 32.2. The van der Waals surface area contributed by atoms with Crippen molar-refractivity contribution in [3.05, 3.63) is 53.3 Å². The molecule has 9 heteroatoms. The van der Waals surface area contributed by atoms with Gasteiger partial charge in [-0.05, 0) is 57.2 Å². The Kier molecular flexibility index (Phi) is 6.61. The van der Waals surface area contributed by atoms with E-state index in [-0.39, 0.29) is 15.6 Å². The molecular weight excluding hydrogens is 406 g/mol. The van der Waals surface area contributed by atoms with Crippen LogP contribution in [0.5, 0.6) is 0 Å². The number of hydrogen-bond acceptors (Lipinski definition) is 6. The molecule has 1 unspecified atom stereocenters. The van der Waals surface area contributed by atoms with E-state index in [0.29, 0.717) is 9.77 Å². The second-order valence-corrected chi connectivity index (χ2v) is 11.3. The molecule has 1 atom stereocenters. The first-order valence-corrected chi connectivity index (χ1v) is 11.5. The number of carbonyl (C=O) groups excluding carboxylic acids is 1. The van der Waals surface area contributed by atoms with Gasteiger partial charge in [0.15, 0.2) is 0 Å². The van der Waals surface area contributed by atoms with Gasteiger partial charge in [0, 0.05) is 15.2 Å². The second-order valence-electron chi connectivity index (χ2n) is 6.52. The van der Waals surface area contributed by atoms with E-state index in [9.17, 15) is 17.4 Å². The molecule has 0 aliphatic rings. The molecule has 146 valence electrons. The predicted octanol–water partition coefficient (Wildman–Crippen LogP) is 3.86. The third kappa shape index (κ3) is 5.75. The summed E-state index contributed by atoms with van der Waals surface area (Å²) in [6.07, 6.45) is -0.564. The van der Waals surface area contributed by atoms with Crippen LogP contribution in [0.4, 0.5) is 4.79 Å². The van der Waals surface area contributed by atoms with Crippen LogP contribution in [0.2, 0.25) is 0 Å². The van der Waals surface area contributed by atoms with E-state index < -0.39 is 32.3 Å². The van der Waals surface area contributed by atoms with Crippen molar-refractivity contribution in [3.8, 4) is 0 Å². The van der Waals surface area contributed by atoms with Gasteiger partial charge in [-0.3, -0.25) is 0 Å². The van der Waals surface area contributed by atoms with Crippen molar-refractivity contribution >= 4 is 38.1 Å². The van der Waals surface area contributed by atoms with E-state index in [0.717, 1.165) is 11.3 Å². The molecule has 2 rings (SSSR count). The summed E-state index contributed by atoms with van der Waals surface area (Å²) in [5.41, 5.74) is -0.602. The van der Waals surface area contributed by atoms with Crippen molar-refractivity contribution in [2.24, 2.45) is 0 Å². The highest BCUT2D eigenvalue weighted by molar-refractivity contribution is 7.93. The number of carbonyl (C=O) groups is 1. The van der Waals surface area contributed by atoms with Crippen LogP contribution in [0.3, 0.4) is 0 Å². The van der Waals surface area contributed by atoms with Crippen molar-refractivity contribution in [1.29, 1.82) is 0 Å². The van der Waals surface area contributed by atoms with Crippen LogP contribution in [0.15, 0.2) is 62.4 Å². The van der Waals surface area contributed by atoms with Crippen LogP contribution in [0.25, 0.3) is 0 Å². The lowest BCUT2D eigenvalue weighted by molar-refractivity contribution is 0.0524. The number of rotatable bonds is 6. The van der Waals surface area contributed by atoms with Crippen LogP contribution >= 0.6 is 11.3 Å². The zero-order valence-corrected chi connectivity index (χ0v) is 17.7. The number of hydrogen-bond donors (Lipinski definition) is 1. The first-order chi connectivity index (χ1) is 12.5. The summed E-state index contributed by atoms with van der Waals surface area (Å²) >= 11 is 1.08. The number of sulfone groups is 1. The molecule has 0 fully saturated rings. The smallest absolute Gasteiger partial charge is 0.407 e. The van der Waals surface area contributed by atoms with Gasteiger partial charge >= 0.3 is 6.09 Å². The van der Waals surface area contributed by atoms with Crippen LogP contribution in [-0.4, -0.2) is 24.3 Å². The highest BCUT2D eigenvalue weighted by Crippen LogP contribution is 2.28. The summed E-state index contributed by atoms with van der Waals surface area (Å²) in [7, 11) is -5.05. The molecule has 1 aromatic carbocycles. The predicted molar refractivity (Wildman–Crippen MR) is 106 cm³/mol. The zero-order chi connectivity index (χ0) is 20.2. The van der Waals surface area contributed by atoms with E-state index in [1.54, 1.807) is 26.8 Å². The molecular formula is C18H21NO5S3. The molecule has 2 aromatic rings. The van der Waals surface area contributed by atoms with Gasteiger partial charge in [-0.25, -0.2) is 17.4 Å². The minimum Gasteiger partial charge on any atom is -0.444 e. The summed E-state index contributed by atoms with van der Waals surface area (Å²) in [4.78, 5) is 13.0. The summed E-state index contributed by atoms with van der Waals surface area (Å²) in [6, 6.07) is 9.00. The Labute approximate surface area is 165 Å². The first kappa shape index (κ1) is 21.3. The van der Waals surface area contributed by atoms with Gasteiger partial charge in [0.2, 0.25) is 9.84 Å². The van der Waals surface area contributed by atoms with Crippen LogP contribution in [-0.2, 0) is 31.9 Å². The Morgan fingerprint density at radius 3 is 2.41 bits per heavy atom. The Morgan fingerprint density at radius 2 is 1.85 bits per heavy atom. The third-order valence-electron chi connectivity index (χ3n) is 3.23. The van der Waals surface area contributed by atoms with Crippen molar-refractivity contribution in [3.63, 3.8) is 0 Å². The molecule has 0 saturated carbocycles. The molecule has 0 aliphatic heterocycles. The standard InChI is InChI=1S/C18H21NO5S3/c1-5-26(21)14-7-9-15(10-8-14)27(22,23)16-11-6-13(25-16)12-19-17(20)24-18(2,3)4/h5-11H,1,12H2,2-4H3,(H,19,20). The highest BCUT2D eigenvalue weighted by Gasteiger charge is 2.21. The molecule has 0 radical (unpaired) electrons. The monoisotopic (exact) mass is 427 g/mol. The van der Waals surface area contributed by atoms with E-state index in [4.69, 9.17) is 4.74 Å². The Balaban J connectivity index is 2.11. The summed E-state index contributed by atoms with van der Waals surface area (Å²) in [5, 5.41) is 3.88. The fraction of sp³-hybridized carbons (Fsp3) is 0.278. The first-order valence-electron chi connectivity index (χ1n) is 7.97. The minimum absolute atomic E-state index is 0.112. The Morgan fingerprint density at radius 1 is 1.22 bits per heavy atom. The fourth-order valence-corrected chi connectivity index (χ4v) is 5.33. The van der Waals surface area contributed by atoms with Crippen molar-refractivity contribution in [1.82, 2.24) is 5.32 Å². The van der Waals surface area contributed by atoms with E-state index in [1.165, 1.54) is 35.7 Å². The zero-order valence-electron chi connectivity index (χ0n) is 15.2. The number of ether oxygens (including phenoxy) is 1. The van der Waals surface area contributed by atoms with Crippen LogP contribution in [0, 0.1) is 0 Å². The van der Waals surface area contributed by atoms with Gasteiger partial charge in [0.1, 0.15) is 9.81 Å².